The molecule has 4 rings (SSSR count). The Hall–Kier alpha value is -2.71. The molecule has 0 spiro atoms. The first-order valence-corrected chi connectivity index (χ1v) is 10.4. The van der Waals surface area contributed by atoms with Crippen LogP contribution in [0.25, 0.3) is 0 Å². The second-order valence-electron chi connectivity index (χ2n) is 7.83. The predicted octanol–water partition coefficient (Wildman–Crippen LogP) is 3.78. The first-order valence-electron chi connectivity index (χ1n) is 10.4. The van der Waals surface area contributed by atoms with E-state index in [1.54, 1.807) is 6.07 Å². The summed E-state index contributed by atoms with van der Waals surface area (Å²) in [5.74, 6) is 0. The molecule has 1 atom stereocenters. The van der Waals surface area contributed by atoms with Crippen molar-refractivity contribution in [2.24, 2.45) is 7.05 Å². The van der Waals surface area contributed by atoms with Crippen LogP contribution in [0.1, 0.15) is 28.7 Å². The summed E-state index contributed by atoms with van der Waals surface area (Å²) >= 11 is 0. The SMILES string of the molecule is Cn1nccc1C(c1ccccc1)N1CCN(CCc2cccc(C(F)(F)F)n2)CC1. The van der Waals surface area contributed by atoms with E-state index in [1.165, 1.54) is 11.6 Å². The van der Waals surface area contributed by atoms with E-state index in [2.05, 4.69) is 50.2 Å². The van der Waals surface area contributed by atoms with Crippen molar-refractivity contribution in [3.05, 3.63) is 83.4 Å². The fourth-order valence-corrected chi connectivity index (χ4v) is 4.15. The van der Waals surface area contributed by atoms with Crippen molar-refractivity contribution in [1.29, 1.82) is 0 Å². The number of aryl methyl sites for hydroxylation is 1. The molecule has 0 amide bonds. The molecule has 1 aromatic carbocycles. The topological polar surface area (TPSA) is 37.2 Å². The van der Waals surface area contributed by atoms with Gasteiger partial charge in [-0.1, -0.05) is 36.4 Å². The second-order valence-corrected chi connectivity index (χ2v) is 7.83. The highest BCUT2D eigenvalue weighted by molar-refractivity contribution is 5.28. The molecule has 3 aromatic rings. The number of piperazine rings is 1. The van der Waals surface area contributed by atoms with E-state index in [0.717, 1.165) is 37.9 Å². The average Bonchev–Trinajstić information content (AvgIpc) is 3.19. The van der Waals surface area contributed by atoms with E-state index in [4.69, 9.17) is 0 Å². The fourth-order valence-electron chi connectivity index (χ4n) is 4.15. The number of benzene rings is 1. The zero-order chi connectivity index (χ0) is 21.8. The van der Waals surface area contributed by atoms with Crippen LogP contribution in [0, 0.1) is 0 Å². The van der Waals surface area contributed by atoms with Crippen molar-refractivity contribution in [3.8, 4) is 0 Å². The van der Waals surface area contributed by atoms with Gasteiger partial charge in [-0.15, -0.1) is 0 Å². The molecule has 1 aliphatic heterocycles. The van der Waals surface area contributed by atoms with E-state index >= 15 is 0 Å². The normalized spacial score (nSPS) is 17.0. The third-order valence-electron chi connectivity index (χ3n) is 5.81. The lowest BCUT2D eigenvalue weighted by Crippen LogP contribution is -2.48. The Bertz CT molecular complexity index is 978. The number of halogens is 3. The highest BCUT2D eigenvalue weighted by atomic mass is 19.4. The smallest absolute Gasteiger partial charge is 0.300 e. The molecule has 3 heterocycles. The number of rotatable bonds is 6. The third-order valence-corrected chi connectivity index (χ3v) is 5.81. The second kappa shape index (κ2) is 9.20. The Morgan fingerprint density at radius 2 is 1.68 bits per heavy atom. The van der Waals surface area contributed by atoms with Crippen LogP contribution >= 0.6 is 0 Å². The minimum absolute atomic E-state index is 0.126. The lowest BCUT2D eigenvalue weighted by Gasteiger charge is -2.39. The van der Waals surface area contributed by atoms with Crippen LogP contribution in [0.3, 0.4) is 0 Å². The number of hydrogen-bond acceptors (Lipinski definition) is 4. The van der Waals surface area contributed by atoms with Gasteiger partial charge in [0, 0.05) is 58.1 Å². The minimum Gasteiger partial charge on any atom is -0.300 e. The Kier molecular flexibility index (Phi) is 6.38. The number of pyridine rings is 1. The fraction of sp³-hybridized carbons (Fsp3) is 0.391. The molecule has 0 bridgehead atoms. The first-order chi connectivity index (χ1) is 14.9. The van der Waals surface area contributed by atoms with Gasteiger partial charge in [0.1, 0.15) is 5.69 Å². The molecule has 1 unspecified atom stereocenters. The molecule has 1 aliphatic rings. The first kappa shape index (κ1) is 21.5. The van der Waals surface area contributed by atoms with Gasteiger partial charge in [0.25, 0.3) is 0 Å². The summed E-state index contributed by atoms with van der Waals surface area (Å²) in [6.07, 6.45) is -2.07. The van der Waals surface area contributed by atoms with Crippen LogP contribution < -0.4 is 0 Å². The van der Waals surface area contributed by atoms with Crippen molar-refractivity contribution in [3.63, 3.8) is 0 Å². The van der Waals surface area contributed by atoms with E-state index in [1.807, 2.05) is 24.0 Å². The molecule has 8 heteroatoms. The van der Waals surface area contributed by atoms with E-state index < -0.39 is 11.9 Å². The zero-order valence-electron chi connectivity index (χ0n) is 17.5. The summed E-state index contributed by atoms with van der Waals surface area (Å²) in [5, 5.41) is 4.35. The quantitative estimate of drug-likeness (QED) is 0.598. The van der Waals surface area contributed by atoms with Crippen molar-refractivity contribution in [2.45, 2.75) is 18.6 Å². The standard InChI is InChI=1S/C23H26F3N5/c1-29-20(10-12-27-29)22(18-6-3-2-4-7-18)31-16-14-30(15-17-31)13-11-19-8-5-9-21(28-19)23(24,25)26/h2-10,12,22H,11,13-17H2,1H3. The molecule has 164 valence electrons. The van der Waals surface area contributed by atoms with E-state index in [0.29, 0.717) is 18.7 Å². The molecule has 31 heavy (non-hydrogen) atoms. The van der Waals surface area contributed by atoms with Crippen LogP contribution in [0.5, 0.6) is 0 Å². The maximum absolute atomic E-state index is 12.9. The van der Waals surface area contributed by atoms with Crippen molar-refractivity contribution in [1.82, 2.24) is 24.6 Å². The van der Waals surface area contributed by atoms with Gasteiger partial charge < -0.3 is 4.90 Å². The highest BCUT2D eigenvalue weighted by Crippen LogP contribution is 2.29. The molecule has 5 nitrogen and oxygen atoms in total. The minimum atomic E-state index is -4.40. The molecular weight excluding hydrogens is 403 g/mol. The predicted molar refractivity (Wildman–Crippen MR) is 112 cm³/mol. The largest absolute Gasteiger partial charge is 0.433 e. The maximum atomic E-state index is 12.9. The third kappa shape index (κ3) is 5.14. The van der Waals surface area contributed by atoms with Gasteiger partial charge >= 0.3 is 6.18 Å². The number of aromatic nitrogens is 3. The number of hydrogen-bond donors (Lipinski definition) is 0. The molecule has 0 radical (unpaired) electrons. The lowest BCUT2D eigenvalue weighted by molar-refractivity contribution is -0.141. The molecule has 0 aliphatic carbocycles. The van der Waals surface area contributed by atoms with Gasteiger partial charge in [-0.25, -0.2) is 4.98 Å². The van der Waals surface area contributed by atoms with Crippen LogP contribution in [-0.2, 0) is 19.6 Å². The molecule has 0 saturated carbocycles. The van der Waals surface area contributed by atoms with Gasteiger partial charge in [-0.3, -0.25) is 9.58 Å². The number of nitrogens with zero attached hydrogens (tertiary/aromatic N) is 5. The Balaban J connectivity index is 1.39. The summed E-state index contributed by atoms with van der Waals surface area (Å²) in [7, 11) is 1.96. The van der Waals surface area contributed by atoms with Crippen LogP contribution in [-0.4, -0.2) is 57.3 Å². The van der Waals surface area contributed by atoms with Gasteiger partial charge in [0.15, 0.2) is 0 Å². The van der Waals surface area contributed by atoms with Crippen LogP contribution in [0.4, 0.5) is 13.2 Å². The van der Waals surface area contributed by atoms with Gasteiger partial charge in [0.05, 0.1) is 11.7 Å². The van der Waals surface area contributed by atoms with Crippen molar-refractivity contribution >= 4 is 0 Å². The van der Waals surface area contributed by atoms with Crippen LogP contribution in [0.15, 0.2) is 60.8 Å². The zero-order valence-corrected chi connectivity index (χ0v) is 17.5. The highest BCUT2D eigenvalue weighted by Gasteiger charge is 2.32. The summed E-state index contributed by atoms with van der Waals surface area (Å²) in [6, 6.07) is 16.7. The van der Waals surface area contributed by atoms with E-state index in [9.17, 15) is 13.2 Å². The molecule has 2 aromatic heterocycles. The van der Waals surface area contributed by atoms with Crippen molar-refractivity contribution < 1.29 is 13.2 Å². The lowest BCUT2D eigenvalue weighted by atomic mass is 10.0. The van der Waals surface area contributed by atoms with Gasteiger partial charge in [0.2, 0.25) is 0 Å². The average molecular weight is 429 g/mol. The van der Waals surface area contributed by atoms with Crippen LogP contribution in [0.2, 0.25) is 0 Å². The molecule has 1 saturated heterocycles. The molecule has 1 fully saturated rings. The number of alkyl halides is 3. The monoisotopic (exact) mass is 429 g/mol. The Labute approximate surface area is 180 Å². The summed E-state index contributed by atoms with van der Waals surface area (Å²) in [4.78, 5) is 8.53. The summed E-state index contributed by atoms with van der Waals surface area (Å²) in [5.41, 5.74) is 2.03. The molecular formula is C23H26F3N5. The summed E-state index contributed by atoms with van der Waals surface area (Å²) < 4.78 is 40.6. The Morgan fingerprint density at radius 3 is 2.32 bits per heavy atom. The van der Waals surface area contributed by atoms with Gasteiger partial charge in [-0.2, -0.15) is 18.3 Å². The molecule has 0 N–H and O–H groups in total. The Morgan fingerprint density at radius 1 is 0.935 bits per heavy atom. The van der Waals surface area contributed by atoms with Gasteiger partial charge in [-0.05, 0) is 23.8 Å². The summed E-state index contributed by atoms with van der Waals surface area (Å²) in [6.45, 7) is 4.17. The van der Waals surface area contributed by atoms with Crippen molar-refractivity contribution in [2.75, 3.05) is 32.7 Å². The van der Waals surface area contributed by atoms with E-state index in [-0.39, 0.29) is 6.04 Å². The maximum Gasteiger partial charge on any atom is 0.433 e.